The molecule has 2 rings (SSSR count). The Morgan fingerprint density at radius 3 is 2.72 bits per heavy atom. The molecule has 1 aliphatic rings. The Hall–Kier alpha value is -1.92. The van der Waals surface area contributed by atoms with Crippen molar-refractivity contribution in [3.63, 3.8) is 0 Å². The number of nitrogens with one attached hydrogen (secondary N) is 1. The predicted octanol–water partition coefficient (Wildman–Crippen LogP) is 0.304. The van der Waals surface area contributed by atoms with Crippen LogP contribution in [0.25, 0.3) is 0 Å². The van der Waals surface area contributed by atoms with Gasteiger partial charge in [-0.15, -0.1) is 5.10 Å². The Morgan fingerprint density at radius 1 is 1.50 bits per heavy atom. The van der Waals surface area contributed by atoms with Gasteiger partial charge in [-0.05, 0) is 18.8 Å². The van der Waals surface area contributed by atoms with Crippen molar-refractivity contribution in [1.29, 1.82) is 0 Å². The molecular formula is C11H16N4O3. The molecule has 0 atom stereocenters. The molecule has 1 heterocycles. The lowest BCUT2D eigenvalue weighted by atomic mass is 10.3. The van der Waals surface area contributed by atoms with Crippen molar-refractivity contribution in [2.45, 2.75) is 26.2 Å². The maximum Gasteiger partial charge on any atom is 0.323 e. The van der Waals surface area contributed by atoms with E-state index in [1.54, 1.807) is 0 Å². The first-order valence-corrected chi connectivity index (χ1v) is 6.02. The minimum Gasteiger partial charge on any atom is -0.480 e. The number of hydrogen-bond donors (Lipinski definition) is 2. The maximum atomic E-state index is 12.1. The first kappa shape index (κ1) is 12.5. The Balaban J connectivity index is 2.07. The molecule has 1 fully saturated rings. The summed E-state index contributed by atoms with van der Waals surface area (Å²) in [4.78, 5) is 28.2. The number of amides is 1. The lowest BCUT2D eigenvalue weighted by Gasteiger charge is -2.18. The van der Waals surface area contributed by atoms with Crippen molar-refractivity contribution in [3.8, 4) is 0 Å². The first-order valence-electron chi connectivity index (χ1n) is 6.02. The van der Waals surface area contributed by atoms with Gasteiger partial charge in [0.2, 0.25) is 5.82 Å². The van der Waals surface area contributed by atoms with Gasteiger partial charge in [-0.3, -0.25) is 14.7 Å². The van der Waals surface area contributed by atoms with E-state index in [1.165, 1.54) is 4.90 Å². The van der Waals surface area contributed by atoms with Gasteiger partial charge in [0.25, 0.3) is 5.91 Å². The largest absolute Gasteiger partial charge is 0.480 e. The summed E-state index contributed by atoms with van der Waals surface area (Å²) in [7, 11) is 0. The van der Waals surface area contributed by atoms with Crippen LogP contribution in [-0.4, -0.2) is 50.2 Å². The highest BCUT2D eigenvalue weighted by Gasteiger charge is 2.29. The minimum absolute atomic E-state index is 0.0498. The molecule has 0 aromatic carbocycles. The molecule has 0 aliphatic heterocycles. The number of aromatic nitrogens is 3. The number of carboxylic acid groups (broad SMARTS) is 1. The van der Waals surface area contributed by atoms with Crippen LogP contribution in [0.4, 0.5) is 0 Å². The lowest BCUT2D eigenvalue weighted by molar-refractivity contribution is -0.137. The zero-order chi connectivity index (χ0) is 13.1. The molecule has 0 radical (unpaired) electrons. The molecule has 1 aliphatic carbocycles. The zero-order valence-electron chi connectivity index (χ0n) is 10.2. The molecule has 1 aromatic heterocycles. The number of carbonyl (C=O) groups is 2. The van der Waals surface area contributed by atoms with E-state index < -0.39 is 11.9 Å². The van der Waals surface area contributed by atoms with E-state index in [-0.39, 0.29) is 12.4 Å². The van der Waals surface area contributed by atoms with Crippen LogP contribution in [0.2, 0.25) is 0 Å². The summed E-state index contributed by atoms with van der Waals surface area (Å²) < 4.78 is 0. The second-order valence-corrected chi connectivity index (χ2v) is 4.48. The number of rotatable bonds is 6. The molecule has 0 spiro atoms. The molecule has 1 amide bonds. The van der Waals surface area contributed by atoms with Crippen LogP contribution in [0.5, 0.6) is 0 Å². The van der Waals surface area contributed by atoms with Gasteiger partial charge in [-0.25, -0.2) is 4.98 Å². The van der Waals surface area contributed by atoms with Crippen molar-refractivity contribution in [2.24, 2.45) is 5.92 Å². The number of carbonyl (C=O) groups excluding carboxylic acids is 1. The van der Waals surface area contributed by atoms with Gasteiger partial charge in [-0.2, -0.15) is 0 Å². The summed E-state index contributed by atoms with van der Waals surface area (Å²) >= 11 is 0. The Labute approximate surface area is 104 Å². The molecular weight excluding hydrogens is 236 g/mol. The van der Waals surface area contributed by atoms with E-state index >= 15 is 0 Å². The van der Waals surface area contributed by atoms with Crippen molar-refractivity contribution >= 4 is 11.9 Å². The van der Waals surface area contributed by atoms with Crippen molar-refractivity contribution in [2.75, 3.05) is 13.1 Å². The van der Waals surface area contributed by atoms with E-state index in [2.05, 4.69) is 15.2 Å². The van der Waals surface area contributed by atoms with Gasteiger partial charge in [0.1, 0.15) is 12.4 Å². The molecule has 7 nitrogen and oxygen atoms in total. The summed E-state index contributed by atoms with van der Waals surface area (Å²) in [5.41, 5.74) is 0. The molecule has 2 N–H and O–H groups in total. The van der Waals surface area contributed by atoms with Crippen molar-refractivity contribution < 1.29 is 14.7 Å². The van der Waals surface area contributed by atoms with Gasteiger partial charge in [0.05, 0.1) is 0 Å². The molecule has 1 aromatic rings. The summed E-state index contributed by atoms with van der Waals surface area (Å²) in [6.45, 7) is 2.07. The normalized spacial score (nSPS) is 14.5. The maximum absolute atomic E-state index is 12.1. The van der Waals surface area contributed by atoms with Crippen LogP contribution in [0.15, 0.2) is 0 Å². The fourth-order valence-corrected chi connectivity index (χ4v) is 1.69. The molecule has 18 heavy (non-hydrogen) atoms. The van der Waals surface area contributed by atoms with E-state index in [9.17, 15) is 9.59 Å². The lowest BCUT2D eigenvalue weighted by Crippen LogP contribution is -2.37. The number of aryl methyl sites for hydroxylation is 1. The van der Waals surface area contributed by atoms with E-state index in [1.807, 2.05) is 6.92 Å². The fourth-order valence-electron chi connectivity index (χ4n) is 1.69. The number of H-pyrrole nitrogens is 1. The molecule has 0 unspecified atom stereocenters. The van der Waals surface area contributed by atoms with Crippen LogP contribution in [0.3, 0.4) is 0 Å². The van der Waals surface area contributed by atoms with Gasteiger partial charge < -0.3 is 10.0 Å². The average molecular weight is 252 g/mol. The minimum atomic E-state index is -1.02. The molecule has 7 heteroatoms. The van der Waals surface area contributed by atoms with Crippen LogP contribution < -0.4 is 0 Å². The summed E-state index contributed by atoms with van der Waals surface area (Å²) in [5.74, 6) is -0.331. The second-order valence-electron chi connectivity index (χ2n) is 4.48. The quantitative estimate of drug-likeness (QED) is 0.758. The van der Waals surface area contributed by atoms with E-state index in [0.717, 1.165) is 12.8 Å². The van der Waals surface area contributed by atoms with Crippen molar-refractivity contribution in [1.82, 2.24) is 20.1 Å². The highest BCUT2D eigenvalue weighted by Crippen LogP contribution is 2.29. The summed E-state index contributed by atoms with van der Waals surface area (Å²) in [6.07, 6.45) is 2.76. The Bertz CT molecular complexity index is 453. The van der Waals surface area contributed by atoms with Gasteiger partial charge in [0.15, 0.2) is 0 Å². The topological polar surface area (TPSA) is 99.2 Å². The van der Waals surface area contributed by atoms with Gasteiger partial charge in [0, 0.05) is 13.0 Å². The monoisotopic (exact) mass is 252 g/mol. The molecule has 98 valence electrons. The SMILES string of the molecule is CCc1nc(C(=O)N(CC(=O)O)CC2CC2)n[nH]1. The molecule has 0 saturated heterocycles. The smallest absolute Gasteiger partial charge is 0.323 e. The Morgan fingerprint density at radius 2 is 2.22 bits per heavy atom. The third-order valence-corrected chi connectivity index (χ3v) is 2.85. The predicted molar refractivity (Wildman–Crippen MR) is 62.0 cm³/mol. The average Bonchev–Trinajstić information content (AvgIpc) is 3.01. The number of nitrogens with zero attached hydrogens (tertiary/aromatic N) is 3. The number of hydrogen-bond acceptors (Lipinski definition) is 4. The second kappa shape index (κ2) is 5.16. The van der Waals surface area contributed by atoms with Crippen LogP contribution >= 0.6 is 0 Å². The zero-order valence-corrected chi connectivity index (χ0v) is 10.2. The first-order chi connectivity index (χ1) is 8.60. The number of aliphatic carboxylic acids is 1. The summed E-state index contributed by atoms with van der Waals surface area (Å²) in [6, 6.07) is 0. The van der Waals surface area contributed by atoms with Crippen LogP contribution in [0, 0.1) is 5.92 Å². The molecule has 1 saturated carbocycles. The molecule has 0 bridgehead atoms. The van der Waals surface area contributed by atoms with E-state index in [4.69, 9.17) is 5.11 Å². The van der Waals surface area contributed by atoms with E-state index in [0.29, 0.717) is 24.7 Å². The Kier molecular flexibility index (Phi) is 3.59. The number of carboxylic acids is 1. The highest BCUT2D eigenvalue weighted by atomic mass is 16.4. The van der Waals surface area contributed by atoms with Crippen molar-refractivity contribution in [3.05, 3.63) is 11.6 Å². The third kappa shape index (κ3) is 3.06. The third-order valence-electron chi connectivity index (χ3n) is 2.85. The van der Waals surface area contributed by atoms with Gasteiger partial charge >= 0.3 is 5.97 Å². The highest BCUT2D eigenvalue weighted by molar-refractivity contribution is 5.92. The number of aromatic amines is 1. The van der Waals surface area contributed by atoms with Crippen LogP contribution in [0.1, 0.15) is 36.2 Å². The van der Waals surface area contributed by atoms with Gasteiger partial charge in [-0.1, -0.05) is 6.92 Å². The standard InChI is InChI=1S/C11H16N4O3/c1-2-8-12-10(14-13-8)11(18)15(6-9(16)17)5-7-3-4-7/h7H,2-6H2,1H3,(H,16,17)(H,12,13,14). The summed E-state index contributed by atoms with van der Waals surface area (Å²) in [5, 5.41) is 15.3. The fraction of sp³-hybridized carbons (Fsp3) is 0.636. The van der Waals surface area contributed by atoms with Crippen LogP contribution in [-0.2, 0) is 11.2 Å².